The second-order valence-electron chi connectivity index (χ2n) is 3.60. The van der Waals surface area contributed by atoms with E-state index >= 15 is 0 Å². The molecule has 1 unspecified atom stereocenters. The molecule has 0 saturated heterocycles. The number of aliphatic imine (C=N–C) groups is 1. The molecule has 0 amide bonds. The van der Waals surface area contributed by atoms with Gasteiger partial charge in [0.25, 0.3) is 0 Å². The van der Waals surface area contributed by atoms with Gasteiger partial charge in [-0.25, -0.2) is 15.3 Å². The van der Waals surface area contributed by atoms with E-state index in [1.54, 1.807) is 0 Å². The summed E-state index contributed by atoms with van der Waals surface area (Å²) in [5.74, 6) is 0.820. The number of aryl methyl sites for hydroxylation is 2. The maximum atomic E-state index is 5.14. The van der Waals surface area contributed by atoms with E-state index < -0.39 is 0 Å². The number of nitrogens with one attached hydrogen (secondary N) is 1. The zero-order valence-electron chi connectivity index (χ0n) is 10.7. The maximum Gasteiger partial charge on any atom is 0.174 e. The van der Waals surface area contributed by atoms with Gasteiger partial charge in [0.1, 0.15) is 0 Å². The summed E-state index contributed by atoms with van der Waals surface area (Å²) in [5, 5.41) is 0. The predicted molar refractivity (Wildman–Crippen MR) is 67.5 cm³/mol. The van der Waals surface area contributed by atoms with Crippen molar-refractivity contribution in [2.24, 2.45) is 4.99 Å². The lowest BCUT2D eigenvalue weighted by molar-refractivity contribution is 0.0504. The van der Waals surface area contributed by atoms with Crippen LogP contribution in [0, 0.1) is 13.8 Å². The second-order valence-corrected chi connectivity index (χ2v) is 3.60. The molecule has 0 bridgehead atoms. The van der Waals surface area contributed by atoms with Gasteiger partial charge in [0, 0.05) is 5.56 Å². The minimum Gasteiger partial charge on any atom is -0.248 e. The van der Waals surface area contributed by atoms with E-state index in [4.69, 9.17) is 4.84 Å². The van der Waals surface area contributed by atoms with Crippen LogP contribution in [0.4, 0.5) is 0 Å². The van der Waals surface area contributed by atoms with Gasteiger partial charge < -0.3 is 0 Å². The molecule has 2 rings (SSSR count). The third-order valence-electron chi connectivity index (χ3n) is 2.42. The van der Waals surface area contributed by atoms with Crippen LogP contribution in [-0.4, -0.2) is 12.1 Å². The van der Waals surface area contributed by atoms with Crippen molar-refractivity contribution >= 4 is 5.84 Å². The van der Waals surface area contributed by atoms with Crippen molar-refractivity contribution in [2.75, 3.05) is 0 Å². The predicted octanol–water partition coefficient (Wildman–Crippen LogP) is 2.96. The summed E-state index contributed by atoms with van der Waals surface area (Å²) in [7, 11) is 0. The zero-order valence-corrected chi connectivity index (χ0v) is 10.7. The fourth-order valence-electron chi connectivity index (χ4n) is 1.40. The van der Waals surface area contributed by atoms with Crippen molar-refractivity contribution in [1.29, 1.82) is 0 Å². The minimum atomic E-state index is -0.0911. The van der Waals surface area contributed by atoms with Gasteiger partial charge in [0.2, 0.25) is 0 Å². The summed E-state index contributed by atoms with van der Waals surface area (Å²) < 4.78 is 0. The number of amidine groups is 1. The molecular formula is C13H20N2O. The molecule has 0 fully saturated rings. The first-order chi connectivity index (χ1) is 7.66. The Morgan fingerprint density at radius 2 is 1.88 bits per heavy atom. The first-order valence-corrected chi connectivity index (χ1v) is 5.74. The van der Waals surface area contributed by atoms with Gasteiger partial charge in [0.15, 0.2) is 12.1 Å². The Labute approximate surface area is 97.5 Å². The van der Waals surface area contributed by atoms with Crippen molar-refractivity contribution in [2.45, 2.75) is 40.8 Å². The fourth-order valence-corrected chi connectivity index (χ4v) is 1.40. The van der Waals surface area contributed by atoms with Crippen LogP contribution in [-0.2, 0) is 4.84 Å². The highest BCUT2D eigenvalue weighted by Gasteiger charge is 2.14. The highest BCUT2D eigenvalue weighted by molar-refractivity contribution is 5.99. The molecule has 0 aromatic heterocycles. The second kappa shape index (κ2) is 5.66. The van der Waals surface area contributed by atoms with E-state index in [-0.39, 0.29) is 6.23 Å². The normalized spacial score (nSPS) is 18.3. The number of benzene rings is 1. The Morgan fingerprint density at radius 1 is 1.19 bits per heavy atom. The van der Waals surface area contributed by atoms with Gasteiger partial charge >= 0.3 is 0 Å². The Bertz CT molecular complexity index is 386. The smallest absolute Gasteiger partial charge is 0.174 e. The SMILES string of the molecule is CC.Cc1ccc(C2=NC(C)ON2)cc1C. The molecular weight excluding hydrogens is 200 g/mol. The Kier molecular flexibility index (Phi) is 4.50. The van der Waals surface area contributed by atoms with Gasteiger partial charge in [-0.2, -0.15) is 0 Å². The summed E-state index contributed by atoms with van der Waals surface area (Å²) in [6.07, 6.45) is -0.0911. The number of nitrogens with zero attached hydrogens (tertiary/aromatic N) is 1. The van der Waals surface area contributed by atoms with Crippen LogP contribution >= 0.6 is 0 Å². The standard InChI is InChI=1S/C11H14N2O.C2H6/c1-7-4-5-10(6-8(7)2)11-12-9(3)14-13-11;1-2/h4-6,9H,1-3H3,(H,12,13);1-2H3. The number of hydrogen-bond acceptors (Lipinski definition) is 3. The Hall–Kier alpha value is -1.35. The number of hydroxylamine groups is 1. The monoisotopic (exact) mass is 220 g/mol. The molecule has 88 valence electrons. The number of rotatable bonds is 1. The largest absolute Gasteiger partial charge is 0.248 e. The van der Waals surface area contributed by atoms with Crippen molar-refractivity contribution < 1.29 is 4.84 Å². The molecule has 1 aliphatic rings. The van der Waals surface area contributed by atoms with E-state index in [1.807, 2.05) is 20.8 Å². The molecule has 1 heterocycles. The minimum absolute atomic E-state index is 0.0911. The molecule has 1 atom stereocenters. The van der Waals surface area contributed by atoms with Gasteiger partial charge in [0.05, 0.1) is 0 Å². The van der Waals surface area contributed by atoms with Crippen molar-refractivity contribution in [1.82, 2.24) is 5.48 Å². The number of hydrogen-bond donors (Lipinski definition) is 1. The average molecular weight is 220 g/mol. The molecule has 16 heavy (non-hydrogen) atoms. The van der Waals surface area contributed by atoms with Crippen LogP contribution in [0.25, 0.3) is 0 Å². The topological polar surface area (TPSA) is 33.6 Å². The van der Waals surface area contributed by atoms with Crippen LogP contribution in [0.2, 0.25) is 0 Å². The lowest BCUT2D eigenvalue weighted by Gasteiger charge is -2.04. The van der Waals surface area contributed by atoms with E-state index in [9.17, 15) is 0 Å². The highest BCUT2D eigenvalue weighted by atomic mass is 16.7. The average Bonchev–Trinajstić information content (AvgIpc) is 2.72. The summed E-state index contributed by atoms with van der Waals surface area (Å²) in [5.41, 5.74) is 6.46. The van der Waals surface area contributed by atoms with Crippen LogP contribution in [0.1, 0.15) is 37.5 Å². The molecule has 0 spiro atoms. The fraction of sp³-hybridized carbons (Fsp3) is 0.462. The maximum absolute atomic E-state index is 5.14. The Morgan fingerprint density at radius 3 is 2.38 bits per heavy atom. The van der Waals surface area contributed by atoms with Gasteiger partial charge in [-0.15, -0.1) is 0 Å². The summed E-state index contributed by atoms with van der Waals surface area (Å²) in [6, 6.07) is 6.26. The first kappa shape index (κ1) is 12.7. The molecule has 1 aliphatic heterocycles. The third kappa shape index (κ3) is 2.83. The van der Waals surface area contributed by atoms with E-state index in [0.29, 0.717) is 0 Å². The lowest BCUT2D eigenvalue weighted by Crippen LogP contribution is -2.18. The highest BCUT2D eigenvalue weighted by Crippen LogP contribution is 2.12. The van der Waals surface area contributed by atoms with E-state index in [2.05, 4.69) is 42.5 Å². The summed E-state index contributed by atoms with van der Waals surface area (Å²) in [4.78, 5) is 9.45. The van der Waals surface area contributed by atoms with Crippen molar-refractivity contribution in [3.05, 3.63) is 34.9 Å². The molecule has 0 aliphatic carbocycles. The van der Waals surface area contributed by atoms with Gasteiger partial charge in [-0.3, -0.25) is 0 Å². The van der Waals surface area contributed by atoms with Crippen molar-refractivity contribution in [3.63, 3.8) is 0 Å². The van der Waals surface area contributed by atoms with Crippen LogP contribution < -0.4 is 5.48 Å². The Balaban J connectivity index is 0.000000606. The van der Waals surface area contributed by atoms with Gasteiger partial charge in [-0.05, 0) is 38.0 Å². The molecule has 0 radical (unpaired) electrons. The molecule has 3 nitrogen and oxygen atoms in total. The van der Waals surface area contributed by atoms with E-state index in [1.165, 1.54) is 11.1 Å². The van der Waals surface area contributed by atoms with E-state index in [0.717, 1.165) is 11.4 Å². The van der Waals surface area contributed by atoms with Crippen LogP contribution in [0.5, 0.6) is 0 Å². The molecule has 1 N–H and O–H groups in total. The zero-order chi connectivity index (χ0) is 12.1. The van der Waals surface area contributed by atoms with Crippen LogP contribution in [0.3, 0.4) is 0 Å². The van der Waals surface area contributed by atoms with Gasteiger partial charge in [-0.1, -0.05) is 26.0 Å². The third-order valence-corrected chi connectivity index (χ3v) is 2.42. The lowest BCUT2D eigenvalue weighted by atomic mass is 10.1. The van der Waals surface area contributed by atoms with Crippen molar-refractivity contribution in [3.8, 4) is 0 Å². The molecule has 1 aromatic carbocycles. The first-order valence-electron chi connectivity index (χ1n) is 5.74. The molecule has 1 aromatic rings. The summed E-state index contributed by atoms with van der Waals surface area (Å²) in [6.45, 7) is 10.1. The molecule has 0 saturated carbocycles. The molecule has 3 heteroatoms. The summed E-state index contributed by atoms with van der Waals surface area (Å²) >= 11 is 0. The quantitative estimate of drug-likeness (QED) is 0.789. The van der Waals surface area contributed by atoms with Crippen LogP contribution in [0.15, 0.2) is 23.2 Å².